The zero-order chi connectivity index (χ0) is 24.6. The van der Waals surface area contributed by atoms with E-state index in [0.717, 1.165) is 52.2 Å². The number of nitrogens with one attached hydrogen (secondary N) is 1. The highest BCUT2D eigenvalue weighted by Gasteiger charge is 2.17. The molecule has 4 heterocycles. The summed E-state index contributed by atoms with van der Waals surface area (Å²) in [5, 5.41) is 13.1. The monoisotopic (exact) mass is 482 g/mol. The predicted octanol–water partition coefficient (Wildman–Crippen LogP) is 4.28. The van der Waals surface area contributed by atoms with Gasteiger partial charge >= 0.3 is 0 Å². The molecule has 0 amide bonds. The summed E-state index contributed by atoms with van der Waals surface area (Å²) in [6.45, 7) is 6.62. The van der Waals surface area contributed by atoms with E-state index in [0.29, 0.717) is 36.7 Å². The molecular weight excluding hydrogens is 456 g/mol. The van der Waals surface area contributed by atoms with Crippen LogP contribution < -0.4 is 10.2 Å². The molecule has 5 aromatic rings. The first-order valence-corrected chi connectivity index (χ1v) is 11.9. The number of morpholine rings is 1. The van der Waals surface area contributed by atoms with Crippen molar-refractivity contribution in [1.82, 2.24) is 29.9 Å². The van der Waals surface area contributed by atoms with E-state index in [1.165, 1.54) is 0 Å². The van der Waals surface area contributed by atoms with Crippen molar-refractivity contribution in [3.63, 3.8) is 0 Å². The number of aryl methyl sites for hydroxylation is 3. The van der Waals surface area contributed by atoms with Gasteiger partial charge in [0.25, 0.3) is 0 Å². The Morgan fingerprint density at radius 3 is 2.42 bits per heavy atom. The van der Waals surface area contributed by atoms with Crippen LogP contribution in [0.15, 0.2) is 53.1 Å². The lowest BCUT2D eigenvalue weighted by molar-refractivity contribution is 0.122. The van der Waals surface area contributed by atoms with Gasteiger partial charge < -0.3 is 19.5 Å². The fraction of sp³-hybridized carbons (Fsp3) is 0.269. The summed E-state index contributed by atoms with van der Waals surface area (Å²) in [6.07, 6.45) is 0. The lowest BCUT2D eigenvalue weighted by Gasteiger charge is -2.27. The van der Waals surface area contributed by atoms with Gasteiger partial charge in [0.1, 0.15) is 5.82 Å². The third-order valence-corrected chi connectivity index (χ3v) is 6.28. The Morgan fingerprint density at radius 1 is 0.889 bits per heavy atom. The number of anilines is 3. The molecule has 0 spiro atoms. The summed E-state index contributed by atoms with van der Waals surface area (Å²) in [7, 11) is 1.96. The molecule has 36 heavy (non-hydrogen) atoms. The van der Waals surface area contributed by atoms with Crippen LogP contribution in [0, 0.1) is 13.8 Å². The van der Waals surface area contributed by atoms with Gasteiger partial charge in [0, 0.05) is 55.3 Å². The lowest BCUT2D eigenvalue weighted by Crippen LogP contribution is -2.37. The van der Waals surface area contributed by atoms with Gasteiger partial charge in [-0.25, -0.2) is 4.98 Å². The number of ether oxygens (including phenoxy) is 1. The molecule has 1 N–H and O–H groups in total. The summed E-state index contributed by atoms with van der Waals surface area (Å²) >= 11 is 0. The summed E-state index contributed by atoms with van der Waals surface area (Å²) in [4.78, 5) is 16.2. The Bertz CT molecular complexity index is 1530. The number of hydrogen-bond acceptors (Lipinski definition) is 9. The Morgan fingerprint density at radius 2 is 1.67 bits per heavy atom. The van der Waals surface area contributed by atoms with Crippen molar-refractivity contribution in [2.75, 3.05) is 36.5 Å². The zero-order valence-corrected chi connectivity index (χ0v) is 20.4. The van der Waals surface area contributed by atoms with Crippen molar-refractivity contribution in [3.8, 4) is 22.6 Å². The average Bonchev–Trinajstić information content (AvgIpc) is 3.47. The molecule has 1 aliphatic heterocycles. The van der Waals surface area contributed by atoms with Gasteiger partial charge in [-0.2, -0.15) is 15.1 Å². The Balaban J connectivity index is 1.36. The minimum absolute atomic E-state index is 0.538. The van der Waals surface area contributed by atoms with Crippen molar-refractivity contribution in [3.05, 3.63) is 60.1 Å². The Kier molecular flexibility index (Phi) is 5.57. The van der Waals surface area contributed by atoms with Gasteiger partial charge in [-0.05, 0) is 37.3 Å². The number of benzene rings is 2. The lowest BCUT2D eigenvalue weighted by atomic mass is 10.1. The average molecular weight is 483 g/mol. The first-order chi connectivity index (χ1) is 17.5. The van der Waals surface area contributed by atoms with E-state index in [1.807, 2.05) is 49.0 Å². The molecule has 0 unspecified atom stereocenters. The van der Waals surface area contributed by atoms with Gasteiger partial charge in [-0.3, -0.25) is 4.68 Å². The van der Waals surface area contributed by atoms with Crippen LogP contribution in [0.5, 0.6) is 0 Å². The van der Waals surface area contributed by atoms with Gasteiger partial charge in [-0.15, -0.1) is 0 Å². The van der Waals surface area contributed by atoms with Crippen LogP contribution >= 0.6 is 0 Å². The summed E-state index contributed by atoms with van der Waals surface area (Å²) in [6, 6.07) is 16.2. The van der Waals surface area contributed by atoms with Crippen LogP contribution in [0.25, 0.3) is 33.5 Å². The minimum Gasteiger partial charge on any atom is -0.378 e. The van der Waals surface area contributed by atoms with Crippen LogP contribution in [0.4, 0.5) is 17.5 Å². The summed E-state index contributed by atoms with van der Waals surface area (Å²) in [5.41, 5.74) is 5.71. The van der Waals surface area contributed by atoms with Crippen molar-refractivity contribution in [2.45, 2.75) is 13.8 Å². The topological polar surface area (TPSA) is 107 Å². The van der Waals surface area contributed by atoms with Crippen LogP contribution in [-0.2, 0) is 11.8 Å². The quantitative estimate of drug-likeness (QED) is 0.393. The third-order valence-electron chi connectivity index (χ3n) is 6.28. The smallest absolute Gasteiger partial charge is 0.228 e. The third kappa shape index (κ3) is 4.27. The van der Waals surface area contributed by atoms with E-state index >= 15 is 0 Å². The second kappa shape index (κ2) is 9.04. The van der Waals surface area contributed by atoms with Crippen LogP contribution in [0.3, 0.4) is 0 Å². The Labute approximate surface area is 207 Å². The second-order valence-corrected chi connectivity index (χ2v) is 8.82. The molecular formula is C26H26N8O2. The molecule has 1 aliphatic rings. The minimum atomic E-state index is 0.538. The van der Waals surface area contributed by atoms with Gasteiger partial charge in [-0.1, -0.05) is 17.3 Å². The molecule has 0 radical (unpaired) electrons. The molecule has 2 aromatic carbocycles. The fourth-order valence-electron chi connectivity index (χ4n) is 4.42. The number of fused-ring (bicyclic) bond motifs is 1. The molecule has 10 heteroatoms. The van der Waals surface area contributed by atoms with Gasteiger partial charge in [0.05, 0.1) is 30.1 Å². The maximum Gasteiger partial charge on any atom is 0.228 e. The predicted molar refractivity (Wildman–Crippen MR) is 137 cm³/mol. The summed E-state index contributed by atoms with van der Waals surface area (Å²) in [5.74, 6) is 2.50. The molecule has 0 bridgehead atoms. The van der Waals surface area contributed by atoms with Crippen molar-refractivity contribution < 1.29 is 9.26 Å². The first kappa shape index (κ1) is 22.2. The van der Waals surface area contributed by atoms with Crippen LogP contribution in [0.1, 0.15) is 11.6 Å². The molecule has 1 saturated heterocycles. The first-order valence-electron chi connectivity index (χ1n) is 11.9. The van der Waals surface area contributed by atoms with E-state index in [1.54, 1.807) is 6.92 Å². The second-order valence-electron chi connectivity index (χ2n) is 8.82. The number of rotatable bonds is 5. The fourth-order valence-corrected chi connectivity index (χ4v) is 4.42. The Hall–Kier alpha value is -4.31. The number of hydrogen-bond donors (Lipinski definition) is 1. The summed E-state index contributed by atoms with van der Waals surface area (Å²) < 4.78 is 12.5. The van der Waals surface area contributed by atoms with E-state index in [2.05, 4.69) is 43.7 Å². The largest absolute Gasteiger partial charge is 0.378 e. The van der Waals surface area contributed by atoms with E-state index < -0.39 is 0 Å². The normalized spacial score (nSPS) is 13.9. The van der Waals surface area contributed by atoms with E-state index in [-0.39, 0.29) is 0 Å². The SMILES string of the molecule is Cc1nc(-c2ccc(Nc3cc(-c4ccc5c(C)nn(C)c5c4)nc(N4CCOCC4)n3)cc2)no1. The highest BCUT2D eigenvalue weighted by molar-refractivity contribution is 5.86. The van der Waals surface area contributed by atoms with Crippen molar-refractivity contribution in [1.29, 1.82) is 0 Å². The van der Waals surface area contributed by atoms with Crippen molar-refractivity contribution in [2.24, 2.45) is 7.05 Å². The maximum atomic E-state index is 5.54. The molecule has 3 aromatic heterocycles. The van der Waals surface area contributed by atoms with Crippen molar-refractivity contribution >= 4 is 28.4 Å². The molecule has 0 aliphatic carbocycles. The molecule has 10 nitrogen and oxygen atoms in total. The zero-order valence-electron chi connectivity index (χ0n) is 20.4. The molecule has 0 atom stereocenters. The molecule has 0 saturated carbocycles. The molecule has 6 rings (SSSR count). The highest BCUT2D eigenvalue weighted by atomic mass is 16.5. The molecule has 182 valence electrons. The van der Waals surface area contributed by atoms with E-state index in [4.69, 9.17) is 19.2 Å². The number of nitrogens with zero attached hydrogens (tertiary/aromatic N) is 7. The number of aromatic nitrogens is 6. The van der Waals surface area contributed by atoms with Crippen LogP contribution in [0.2, 0.25) is 0 Å². The molecule has 1 fully saturated rings. The maximum absolute atomic E-state index is 5.54. The standard InChI is InChI=1S/C26H26N8O2/c1-16-21-9-6-19(14-23(21)33(3)31-16)22-15-24(30-26(29-22)34-10-12-35-13-11-34)28-20-7-4-18(5-8-20)25-27-17(2)36-32-25/h4-9,14-15H,10-13H2,1-3H3,(H,28,29,30). The highest BCUT2D eigenvalue weighted by Crippen LogP contribution is 2.29. The van der Waals surface area contributed by atoms with Gasteiger partial charge in [0.2, 0.25) is 17.7 Å². The van der Waals surface area contributed by atoms with Crippen LogP contribution in [-0.4, -0.2) is 56.2 Å². The van der Waals surface area contributed by atoms with Gasteiger partial charge in [0.15, 0.2) is 0 Å². The van der Waals surface area contributed by atoms with E-state index in [9.17, 15) is 0 Å².